The van der Waals surface area contributed by atoms with Gasteiger partial charge in [-0.05, 0) is 42.7 Å². The summed E-state index contributed by atoms with van der Waals surface area (Å²) in [5.74, 6) is -0.281. The summed E-state index contributed by atoms with van der Waals surface area (Å²) >= 11 is 0. The highest BCUT2D eigenvalue weighted by atomic mass is 19.1. The summed E-state index contributed by atoms with van der Waals surface area (Å²) in [6.07, 6.45) is 2.28. The lowest BCUT2D eigenvalue weighted by atomic mass is 10.0. The first-order valence-corrected chi connectivity index (χ1v) is 4.60. The second-order valence-corrected chi connectivity index (χ2v) is 3.14. The Bertz CT molecular complexity index is 366. The topological polar surface area (TPSA) is 17.1 Å². The summed E-state index contributed by atoms with van der Waals surface area (Å²) in [6, 6.07) is 6.29. The first-order valence-electron chi connectivity index (χ1n) is 4.60. The highest BCUT2D eigenvalue weighted by molar-refractivity contribution is 5.95. The zero-order chi connectivity index (χ0) is 10.6. The van der Waals surface area contributed by atoms with Gasteiger partial charge >= 0.3 is 0 Å². The van der Waals surface area contributed by atoms with Gasteiger partial charge in [-0.1, -0.05) is 19.1 Å². The molecule has 1 aromatic carbocycles. The van der Waals surface area contributed by atoms with Gasteiger partial charge in [-0.3, -0.25) is 4.79 Å². The summed E-state index contributed by atoms with van der Waals surface area (Å²) in [7, 11) is 0. The van der Waals surface area contributed by atoms with Crippen molar-refractivity contribution in [3.8, 4) is 0 Å². The van der Waals surface area contributed by atoms with E-state index in [0.29, 0.717) is 0 Å². The van der Waals surface area contributed by atoms with Crippen LogP contribution in [0.15, 0.2) is 30.3 Å². The van der Waals surface area contributed by atoms with Gasteiger partial charge < -0.3 is 0 Å². The average Bonchev–Trinajstić information content (AvgIpc) is 2.14. The number of halogens is 1. The van der Waals surface area contributed by atoms with E-state index in [1.54, 1.807) is 18.2 Å². The summed E-state index contributed by atoms with van der Waals surface area (Å²) in [5, 5.41) is 0. The summed E-state index contributed by atoms with van der Waals surface area (Å²) in [4.78, 5) is 10.9. The van der Waals surface area contributed by atoms with Crippen molar-refractivity contribution >= 4 is 11.4 Å². The number of hydrogen-bond donors (Lipinski definition) is 0. The second kappa shape index (κ2) is 4.70. The Labute approximate surface area is 83.3 Å². The lowest BCUT2D eigenvalue weighted by Crippen LogP contribution is -1.89. The Morgan fingerprint density at radius 2 is 2.21 bits per heavy atom. The fourth-order valence-corrected chi connectivity index (χ4v) is 1.32. The van der Waals surface area contributed by atoms with Gasteiger partial charge in [-0.2, -0.15) is 0 Å². The molecule has 0 heterocycles. The highest BCUT2D eigenvalue weighted by Crippen LogP contribution is 2.18. The quantitative estimate of drug-likeness (QED) is 0.672. The van der Waals surface area contributed by atoms with Gasteiger partial charge in [-0.15, -0.1) is 0 Å². The van der Waals surface area contributed by atoms with Crippen molar-refractivity contribution in [2.75, 3.05) is 0 Å². The van der Waals surface area contributed by atoms with Gasteiger partial charge in [-0.25, -0.2) is 4.39 Å². The van der Waals surface area contributed by atoms with Crippen molar-refractivity contribution in [2.24, 2.45) is 0 Å². The summed E-state index contributed by atoms with van der Waals surface area (Å²) < 4.78 is 12.9. The maximum absolute atomic E-state index is 12.9. The van der Waals surface area contributed by atoms with Crippen LogP contribution in [-0.4, -0.2) is 5.78 Å². The predicted molar refractivity (Wildman–Crippen MR) is 55.3 cm³/mol. The Morgan fingerprint density at radius 1 is 1.50 bits per heavy atom. The molecule has 0 atom stereocenters. The molecule has 14 heavy (non-hydrogen) atoms. The number of carbonyl (C=O) groups excluding carboxylic acids is 1. The minimum atomic E-state index is -0.273. The van der Waals surface area contributed by atoms with Crippen molar-refractivity contribution in [3.63, 3.8) is 0 Å². The van der Waals surface area contributed by atoms with Gasteiger partial charge in [0.2, 0.25) is 0 Å². The lowest BCUT2D eigenvalue weighted by Gasteiger charge is -2.03. The molecule has 1 aromatic rings. The maximum Gasteiger partial charge on any atom is 0.152 e. The van der Waals surface area contributed by atoms with Crippen LogP contribution in [0.3, 0.4) is 0 Å². The Kier molecular flexibility index (Phi) is 3.57. The molecule has 0 aliphatic rings. The minimum Gasteiger partial charge on any atom is -0.295 e. The lowest BCUT2D eigenvalue weighted by molar-refractivity contribution is -0.112. The maximum atomic E-state index is 12.9. The van der Waals surface area contributed by atoms with Gasteiger partial charge in [0.05, 0.1) is 0 Å². The van der Waals surface area contributed by atoms with E-state index in [2.05, 4.69) is 0 Å². The third kappa shape index (κ3) is 2.80. The third-order valence-corrected chi connectivity index (χ3v) is 1.95. The van der Waals surface area contributed by atoms with E-state index in [9.17, 15) is 9.18 Å². The van der Waals surface area contributed by atoms with E-state index in [4.69, 9.17) is 0 Å². The molecule has 0 amide bonds. The zero-order valence-corrected chi connectivity index (χ0v) is 8.38. The molecule has 0 N–H and O–H groups in total. The van der Waals surface area contributed by atoms with Gasteiger partial charge in [0.1, 0.15) is 5.82 Å². The van der Waals surface area contributed by atoms with Crippen LogP contribution in [0.25, 0.3) is 5.57 Å². The molecule has 0 unspecified atom stereocenters. The fourth-order valence-electron chi connectivity index (χ4n) is 1.32. The van der Waals surface area contributed by atoms with Crippen molar-refractivity contribution in [2.45, 2.75) is 20.3 Å². The molecule has 0 spiro atoms. The second-order valence-electron chi connectivity index (χ2n) is 3.14. The van der Waals surface area contributed by atoms with Crippen molar-refractivity contribution in [1.82, 2.24) is 0 Å². The molecule has 0 aliphatic carbocycles. The van der Waals surface area contributed by atoms with Crippen LogP contribution in [0.1, 0.15) is 25.8 Å². The Morgan fingerprint density at radius 3 is 2.71 bits per heavy atom. The highest BCUT2D eigenvalue weighted by Gasteiger charge is 2.01. The monoisotopic (exact) mass is 192 g/mol. The average molecular weight is 192 g/mol. The molecule has 0 radical (unpaired) electrons. The van der Waals surface area contributed by atoms with Gasteiger partial charge in [0.25, 0.3) is 0 Å². The summed E-state index contributed by atoms with van der Waals surface area (Å²) in [5.41, 5.74) is 1.65. The van der Waals surface area contributed by atoms with E-state index in [1.165, 1.54) is 19.1 Å². The first-order chi connectivity index (χ1) is 6.63. The van der Waals surface area contributed by atoms with E-state index < -0.39 is 0 Å². The molecule has 0 saturated carbocycles. The van der Waals surface area contributed by atoms with Gasteiger partial charge in [0, 0.05) is 0 Å². The predicted octanol–water partition coefficient (Wildman–Crippen LogP) is 3.21. The van der Waals surface area contributed by atoms with Crippen LogP contribution in [0.2, 0.25) is 0 Å². The Hall–Kier alpha value is -1.44. The third-order valence-electron chi connectivity index (χ3n) is 1.95. The number of allylic oxidation sites excluding steroid dienone is 2. The number of rotatable bonds is 3. The molecule has 0 fully saturated rings. The molecule has 0 saturated heterocycles. The molecule has 0 aromatic heterocycles. The molecule has 0 aliphatic heterocycles. The Balaban J connectivity index is 3.07. The van der Waals surface area contributed by atoms with Gasteiger partial charge in [0.15, 0.2) is 5.78 Å². The molecule has 2 heteroatoms. The van der Waals surface area contributed by atoms with E-state index in [0.717, 1.165) is 17.6 Å². The van der Waals surface area contributed by atoms with E-state index in [1.807, 2.05) is 6.92 Å². The van der Waals surface area contributed by atoms with Crippen LogP contribution in [0.4, 0.5) is 4.39 Å². The SMILES string of the molecule is CC/C(=C/C(C)=O)c1cccc(F)c1. The number of benzene rings is 1. The molecular weight excluding hydrogens is 179 g/mol. The molecule has 1 nitrogen and oxygen atoms in total. The summed E-state index contributed by atoms with van der Waals surface area (Å²) in [6.45, 7) is 3.44. The van der Waals surface area contributed by atoms with Crippen molar-refractivity contribution < 1.29 is 9.18 Å². The molecule has 0 bridgehead atoms. The normalized spacial score (nSPS) is 11.5. The van der Waals surface area contributed by atoms with Crippen molar-refractivity contribution in [3.05, 3.63) is 41.7 Å². The largest absolute Gasteiger partial charge is 0.295 e. The van der Waals surface area contributed by atoms with Crippen LogP contribution in [-0.2, 0) is 4.79 Å². The fraction of sp³-hybridized carbons (Fsp3) is 0.250. The minimum absolute atomic E-state index is 0.00823. The molecule has 1 rings (SSSR count). The van der Waals surface area contributed by atoms with Crippen LogP contribution >= 0.6 is 0 Å². The number of hydrogen-bond acceptors (Lipinski definition) is 1. The standard InChI is InChI=1S/C12H13FO/c1-3-10(7-9(2)14)11-5-4-6-12(13)8-11/h4-8H,3H2,1-2H3/b10-7-. The number of ketones is 1. The van der Waals surface area contributed by atoms with E-state index in [-0.39, 0.29) is 11.6 Å². The van der Waals surface area contributed by atoms with Crippen LogP contribution in [0.5, 0.6) is 0 Å². The van der Waals surface area contributed by atoms with Crippen LogP contribution < -0.4 is 0 Å². The first kappa shape index (κ1) is 10.6. The van der Waals surface area contributed by atoms with Crippen molar-refractivity contribution in [1.29, 1.82) is 0 Å². The van der Waals surface area contributed by atoms with Crippen LogP contribution in [0, 0.1) is 5.82 Å². The molecule has 74 valence electrons. The smallest absolute Gasteiger partial charge is 0.152 e. The zero-order valence-electron chi connectivity index (χ0n) is 8.38. The number of carbonyl (C=O) groups is 1. The molecular formula is C12H13FO. The van der Waals surface area contributed by atoms with E-state index >= 15 is 0 Å².